The molecule has 2 saturated carbocycles. The van der Waals surface area contributed by atoms with Gasteiger partial charge in [0.1, 0.15) is 5.54 Å². The van der Waals surface area contributed by atoms with Crippen LogP contribution in [0.3, 0.4) is 0 Å². The molecule has 5 atom stereocenters. The Labute approximate surface area is 212 Å². The van der Waals surface area contributed by atoms with E-state index in [1.54, 1.807) is 14.2 Å². The second kappa shape index (κ2) is 11.6. The van der Waals surface area contributed by atoms with Crippen LogP contribution in [0.15, 0.2) is 10.2 Å². The van der Waals surface area contributed by atoms with Gasteiger partial charge in [-0.3, -0.25) is 14.4 Å². The highest BCUT2D eigenvalue weighted by Gasteiger charge is 2.75. The summed E-state index contributed by atoms with van der Waals surface area (Å²) in [5.41, 5.74) is -2.72. The zero-order chi connectivity index (χ0) is 25.8. The number of nitrogens with zero attached hydrogens (tertiary/aromatic N) is 3. The van der Waals surface area contributed by atoms with Gasteiger partial charge >= 0.3 is 0 Å². The standard InChI is InChI=1S/C24H40ClN5O5/c1-15(31)24(22(33)27-23(24)14-19(34-4)18(25)13-20(23)35-5)29-28-17-9-7-16(8-10-17)21(32)26-11-6-12-30(2)3/h16-20H,6-14H2,1-5H3,(H,26,32)(H,27,33). The third-order valence-corrected chi connectivity index (χ3v) is 8.30. The zero-order valence-corrected chi connectivity index (χ0v) is 22.3. The number of halogens is 1. The van der Waals surface area contributed by atoms with Gasteiger partial charge in [0.2, 0.25) is 11.4 Å². The Morgan fingerprint density at radius 2 is 1.89 bits per heavy atom. The van der Waals surface area contributed by atoms with Crippen molar-refractivity contribution in [1.82, 2.24) is 15.5 Å². The molecule has 198 valence electrons. The summed E-state index contributed by atoms with van der Waals surface area (Å²) in [4.78, 5) is 40.5. The molecule has 5 unspecified atom stereocenters. The molecule has 0 aromatic heterocycles. The lowest BCUT2D eigenvalue weighted by Gasteiger charge is -2.60. The summed E-state index contributed by atoms with van der Waals surface area (Å²) < 4.78 is 11.2. The summed E-state index contributed by atoms with van der Waals surface area (Å²) in [7, 11) is 7.13. The SMILES string of the molecule is COC1CC2(NC(=O)C2(N=NC2CCC(C(=O)NCCCN(C)C)CC2)C(C)=O)C(OC)CC1Cl. The van der Waals surface area contributed by atoms with Crippen molar-refractivity contribution in [2.45, 2.75) is 86.6 Å². The number of carbonyl (C=O) groups excluding carboxylic acids is 3. The van der Waals surface area contributed by atoms with Crippen molar-refractivity contribution in [3.63, 3.8) is 0 Å². The topological polar surface area (TPSA) is 122 Å². The molecule has 0 aromatic rings. The van der Waals surface area contributed by atoms with Gasteiger partial charge in [0, 0.05) is 33.1 Å². The summed E-state index contributed by atoms with van der Waals surface area (Å²) in [6, 6.07) is -0.141. The van der Waals surface area contributed by atoms with Crippen LogP contribution in [0.5, 0.6) is 0 Å². The van der Waals surface area contributed by atoms with E-state index in [0.29, 0.717) is 45.1 Å². The monoisotopic (exact) mass is 513 g/mol. The highest BCUT2D eigenvalue weighted by molar-refractivity contribution is 6.21. The maximum absolute atomic E-state index is 13.0. The number of hydrogen-bond acceptors (Lipinski definition) is 8. The van der Waals surface area contributed by atoms with Crippen LogP contribution in [-0.2, 0) is 23.9 Å². The summed E-state index contributed by atoms with van der Waals surface area (Å²) in [6.45, 7) is 2.97. The van der Waals surface area contributed by atoms with E-state index in [9.17, 15) is 14.4 Å². The van der Waals surface area contributed by atoms with Crippen LogP contribution in [0.2, 0.25) is 0 Å². The zero-order valence-electron chi connectivity index (χ0n) is 21.5. The van der Waals surface area contributed by atoms with E-state index < -0.39 is 23.1 Å². The molecule has 11 heteroatoms. The van der Waals surface area contributed by atoms with Gasteiger partial charge in [0.15, 0.2) is 5.78 Å². The van der Waals surface area contributed by atoms with E-state index in [1.807, 2.05) is 14.1 Å². The number of methoxy groups -OCH3 is 2. The first-order valence-electron chi connectivity index (χ1n) is 12.5. The van der Waals surface area contributed by atoms with E-state index in [-0.39, 0.29) is 35.1 Å². The van der Waals surface area contributed by atoms with Crippen LogP contribution in [0, 0.1) is 5.92 Å². The first-order chi connectivity index (χ1) is 16.6. The van der Waals surface area contributed by atoms with Gasteiger partial charge in [0.05, 0.1) is 23.6 Å². The molecule has 0 bridgehead atoms. The minimum atomic E-state index is -1.66. The fourth-order valence-electron chi connectivity index (χ4n) is 5.75. The van der Waals surface area contributed by atoms with Gasteiger partial charge in [-0.15, -0.1) is 11.6 Å². The van der Waals surface area contributed by atoms with Gasteiger partial charge in [-0.2, -0.15) is 10.2 Å². The molecule has 35 heavy (non-hydrogen) atoms. The Bertz CT molecular complexity index is 808. The number of rotatable bonds is 10. The number of azo groups is 1. The highest BCUT2D eigenvalue weighted by Crippen LogP contribution is 2.49. The van der Waals surface area contributed by atoms with Crippen molar-refractivity contribution in [1.29, 1.82) is 0 Å². The summed E-state index contributed by atoms with van der Waals surface area (Å²) in [6.07, 6.45) is 3.54. The van der Waals surface area contributed by atoms with Gasteiger partial charge in [-0.25, -0.2) is 0 Å². The third-order valence-electron chi connectivity index (χ3n) is 7.84. The predicted octanol–water partition coefficient (Wildman–Crippen LogP) is 1.69. The molecule has 10 nitrogen and oxygen atoms in total. The van der Waals surface area contributed by atoms with Gasteiger partial charge < -0.3 is 25.0 Å². The number of alkyl halides is 1. The van der Waals surface area contributed by atoms with Gasteiger partial charge in [0.25, 0.3) is 5.91 Å². The molecule has 1 aliphatic heterocycles. The number of Topliss-reactive ketones (excluding diaryl/α,β-unsaturated/α-hetero) is 1. The van der Waals surface area contributed by atoms with Crippen molar-refractivity contribution in [3.05, 3.63) is 0 Å². The number of amides is 2. The van der Waals surface area contributed by atoms with Crippen LogP contribution < -0.4 is 10.6 Å². The predicted molar refractivity (Wildman–Crippen MR) is 132 cm³/mol. The molecule has 1 heterocycles. The minimum Gasteiger partial charge on any atom is -0.380 e. The van der Waals surface area contributed by atoms with Crippen LogP contribution in [0.4, 0.5) is 0 Å². The molecule has 3 rings (SSSR count). The molecular formula is C24H40ClN5O5. The molecule has 2 aliphatic carbocycles. The summed E-state index contributed by atoms with van der Waals surface area (Å²) in [5, 5.41) is 14.6. The fourth-order valence-corrected chi connectivity index (χ4v) is 6.10. The first kappa shape index (κ1) is 28.0. The number of hydrogen-bond donors (Lipinski definition) is 2. The van der Waals surface area contributed by atoms with Crippen molar-refractivity contribution in [2.75, 3.05) is 41.4 Å². The molecule has 0 aromatic carbocycles. The van der Waals surface area contributed by atoms with E-state index >= 15 is 0 Å². The number of carbonyl (C=O) groups is 3. The molecule has 3 aliphatic rings. The van der Waals surface area contributed by atoms with Crippen LogP contribution >= 0.6 is 11.6 Å². The van der Waals surface area contributed by atoms with Crippen molar-refractivity contribution in [3.8, 4) is 0 Å². The van der Waals surface area contributed by atoms with Crippen molar-refractivity contribution in [2.24, 2.45) is 16.1 Å². The molecular weight excluding hydrogens is 474 g/mol. The third kappa shape index (κ3) is 5.40. The largest absolute Gasteiger partial charge is 0.380 e. The van der Waals surface area contributed by atoms with E-state index in [1.165, 1.54) is 6.92 Å². The second-order valence-corrected chi connectivity index (χ2v) is 10.9. The van der Waals surface area contributed by atoms with E-state index in [4.69, 9.17) is 21.1 Å². The molecule has 3 fully saturated rings. The normalized spacial score (nSPS) is 37.3. The Hall–Kier alpha value is -1.62. The maximum Gasteiger partial charge on any atom is 0.260 e. The smallest absolute Gasteiger partial charge is 0.260 e. The summed E-state index contributed by atoms with van der Waals surface area (Å²) in [5.74, 6) is -0.798. The van der Waals surface area contributed by atoms with Gasteiger partial charge in [-0.1, -0.05) is 0 Å². The average molecular weight is 514 g/mol. The molecule has 2 amide bonds. The molecule has 1 spiro atoms. The number of ether oxygens (including phenoxy) is 2. The fraction of sp³-hybridized carbons (Fsp3) is 0.875. The Kier molecular flexibility index (Phi) is 9.28. The maximum atomic E-state index is 13.0. The van der Waals surface area contributed by atoms with Crippen molar-refractivity contribution < 1.29 is 23.9 Å². The Balaban J connectivity index is 1.67. The number of nitrogens with one attached hydrogen (secondary N) is 2. The lowest BCUT2D eigenvalue weighted by molar-refractivity contribution is -0.173. The Morgan fingerprint density at radius 3 is 2.43 bits per heavy atom. The van der Waals surface area contributed by atoms with E-state index in [0.717, 1.165) is 13.0 Å². The lowest BCUT2D eigenvalue weighted by Crippen LogP contribution is -2.88. The van der Waals surface area contributed by atoms with Crippen LogP contribution in [-0.4, -0.2) is 98.6 Å². The highest BCUT2D eigenvalue weighted by atomic mass is 35.5. The number of ketones is 1. The molecule has 2 N–H and O–H groups in total. The minimum absolute atomic E-state index is 0.0414. The second-order valence-electron chi connectivity index (χ2n) is 10.3. The van der Waals surface area contributed by atoms with E-state index in [2.05, 4.69) is 25.8 Å². The quantitative estimate of drug-likeness (QED) is 0.151. The summed E-state index contributed by atoms with van der Waals surface area (Å²) >= 11 is 6.47. The lowest BCUT2D eigenvalue weighted by atomic mass is 9.58. The average Bonchev–Trinajstić information content (AvgIpc) is 2.82. The first-order valence-corrected chi connectivity index (χ1v) is 12.9. The van der Waals surface area contributed by atoms with Gasteiger partial charge in [-0.05, 0) is 66.1 Å². The van der Waals surface area contributed by atoms with Crippen molar-refractivity contribution >= 4 is 29.2 Å². The Morgan fingerprint density at radius 1 is 1.20 bits per heavy atom. The van der Waals surface area contributed by atoms with Crippen LogP contribution in [0.25, 0.3) is 0 Å². The number of β-lactam (4-membered cyclic amide) rings is 1. The molecule has 1 saturated heterocycles. The molecule has 0 radical (unpaired) electrons. The van der Waals surface area contributed by atoms with Crippen LogP contribution in [0.1, 0.15) is 51.9 Å².